The van der Waals surface area contributed by atoms with Crippen molar-refractivity contribution in [3.63, 3.8) is 0 Å². The number of para-hydroxylation sites is 1. The van der Waals surface area contributed by atoms with Crippen molar-refractivity contribution in [3.8, 4) is 11.5 Å². The number of nitrogens with one attached hydrogen (secondary N) is 4. The lowest BCUT2D eigenvalue weighted by Crippen LogP contribution is -2.57. The van der Waals surface area contributed by atoms with Crippen LogP contribution in [0, 0.1) is 18.3 Å². The first kappa shape index (κ1) is 66.8. The van der Waals surface area contributed by atoms with Gasteiger partial charge in [0.25, 0.3) is 0 Å². The number of nitrogens with zero attached hydrogens (tertiary/aromatic N) is 1. The molecule has 0 spiro atoms. The first-order valence-electron chi connectivity index (χ1n) is 27.4. The van der Waals surface area contributed by atoms with Crippen molar-refractivity contribution in [1.82, 2.24) is 21.3 Å². The van der Waals surface area contributed by atoms with E-state index in [1.54, 1.807) is 56.3 Å². The summed E-state index contributed by atoms with van der Waals surface area (Å²) in [7, 11) is -1.61. The molecule has 0 aliphatic carbocycles. The number of carbonyl (C=O) groups excluding carboxylic acids is 6. The lowest BCUT2D eigenvalue weighted by molar-refractivity contribution is -0.438. The van der Waals surface area contributed by atoms with E-state index in [2.05, 4.69) is 112 Å². The Balaban J connectivity index is 0.00000261. The summed E-state index contributed by atoms with van der Waals surface area (Å²) in [6.45, 7) is 26.0. The standard InChI is InChI=1S/C56H70N5O10PS.2C3H8/c1-36(2)52(54(67)58-38(4)53(66)59-45(28-30-62)47(63)35-70-39-19-13-10-14-20-39)60-51(65)34-57-50(64)23-17-12-18-29-61-46-27-25-41(73(68,69)72)33-44(46)56(8,9)49(61)22-16-11-15-21-40-32-43(55(5,6)7)42-26-24-37(3)31-48(42)71-40;2*1-3-2/h10-11,13-16,19-22,24-27,30-33,36,38,45,52H,12,17-18,23,28-29,34-35,72H2,1-9H3,(H3-,57,58,59,60,64,65,66,67);2*3H2,1-2H3/p+1/b15-11+,22-16+,40-21+;;. The van der Waals surface area contributed by atoms with E-state index in [1.807, 2.05) is 51.8 Å². The number of unbranched alkanes of at least 4 members (excludes halogenated alkanes) is 2. The molecule has 0 aromatic heterocycles. The number of Topliss-reactive ketones (excluding diaryl/α,β-unsaturated/α-hetero) is 1. The van der Waals surface area contributed by atoms with Gasteiger partial charge in [0.2, 0.25) is 29.3 Å². The van der Waals surface area contributed by atoms with Gasteiger partial charge in [0, 0.05) is 42.5 Å². The van der Waals surface area contributed by atoms with Gasteiger partial charge in [-0.1, -0.05) is 124 Å². The van der Waals surface area contributed by atoms with Crippen LogP contribution in [0.2, 0.25) is 0 Å². The van der Waals surface area contributed by atoms with Crippen LogP contribution in [-0.4, -0.2) is 92.2 Å². The highest BCUT2D eigenvalue weighted by molar-refractivity contribution is 8.37. The number of amides is 4. The van der Waals surface area contributed by atoms with Crippen LogP contribution in [0.3, 0.4) is 0 Å². The Bertz CT molecular complexity index is 2860. The first-order valence-corrected chi connectivity index (χ1v) is 30.4. The third-order valence-electron chi connectivity index (χ3n) is 12.6. The number of hydrogen-bond acceptors (Lipinski definition) is 10. The van der Waals surface area contributed by atoms with Gasteiger partial charge in [-0.3, -0.25) is 24.0 Å². The fourth-order valence-corrected chi connectivity index (χ4v) is 9.49. The predicted molar refractivity (Wildman–Crippen MR) is 319 cm³/mol. The van der Waals surface area contributed by atoms with Crippen LogP contribution in [-0.2, 0) is 43.6 Å². The number of hydrogen-bond donors (Lipinski definition) is 4. The van der Waals surface area contributed by atoms with E-state index >= 15 is 0 Å². The van der Waals surface area contributed by atoms with Crippen molar-refractivity contribution >= 4 is 70.6 Å². The predicted octanol–water partition coefficient (Wildman–Crippen LogP) is 10.3. The van der Waals surface area contributed by atoms with Crippen LogP contribution in [0.4, 0.5) is 5.69 Å². The second-order valence-corrected chi connectivity index (χ2v) is 25.1. The SMILES string of the molecule is CCC.CCC.Cc1ccc2c(c1)O/C(=C/C=C/C=C/C1=[N+](CCCCCC(=O)NCC(=O)NC(C(=O)NC(C)C(=O)NC(CC=O)C(=O)COc3ccccc3)C(C)C)c3ccc(S(=O)(=O)P)cc3C1(C)C)C=C2C(C)(C)C. The van der Waals surface area contributed by atoms with Crippen LogP contribution in [0.25, 0.3) is 5.57 Å². The summed E-state index contributed by atoms with van der Waals surface area (Å²) in [5.74, 6) is -1.20. The van der Waals surface area contributed by atoms with Gasteiger partial charge in [-0.05, 0) is 114 Å². The van der Waals surface area contributed by atoms with E-state index in [9.17, 15) is 37.2 Å². The first-order chi connectivity index (χ1) is 37.2. The summed E-state index contributed by atoms with van der Waals surface area (Å²) < 4.78 is 39.1. The number of rotatable bonds is 24. The molecule has 17 heteroatoms. The Hall–Kier alpha value is -6.51. The van der Waals surface area contributed by atoms with Crippen LogP contribution in [0.15, 0.2) is 114 Å². The molecule has 430 valence electrons. The zero-order valence-electron chi connectivity index (χ0n) is 48.8. The van der Waals surface area contributed by atoms with E-state index in [1.165, 1.54) is 25.3 Å². The molecule has 2 aliphatic rings. The van der Waals surface area contributed by atoms with Crippen molar-refractivity contribution < 1.29 is 51.2 Å². The fraction of sp³-hybridized carbons (Fsp3) is 0.468. The number of allylic oxidation sites excluding steroid dienone is 7. The van der Waals surface area contributed by atoms with E-state index in [0.29, 0.717) is 37.8 Å². The average Bonchev–Trinajstić information content (AvgIpc) is 3.92. The number of benzene rings is 3. The second-order valence-electron chi connectivity index (χ2n) is 21.7. The summed E-state index contributed by atoms with van der Waals surface area (Å²) in [4.78, 5) is 76.5. The average molecular weight is 1130 g/mol. The minimum Gasteiger partial charge on any atom is -0.486 e. The molecule has 0 radical (unpaired) electrons. The Morgan fingerprint density at radius 3 is 2.11 bits per heavy atom. The number of aldehydes is 1. The molecule has 5 rings (SSSR count). The third-order valence-corrected chi connectivity index (χ3v) is 14.3. The van der Waals surface area contributed by atoms with Crippen LogP contribution in [0.5, 0.6) is 11.5 Å². The highest BCUT2D eigenvalue weighted by Crippen LogP contribution is 2.44. The molecule has 15 nitrogen and oxygen atoms in total. The lowest BCUT2D eigenvalue weighted by atomic mass is 9.80. The van der Waals surface area contributed by atoms with Crippen molar-refractivity contribution in [1.29, 1.82) is 0 Å². The van der Waals surface area contributed by atoms with Crippen LogP contribution < -0.4 is 30.7 Å². The second kappa shape index (κ2) is 31.9. The molecule has 0 saturated heterocycles. The highest BCUT2D eigenvalue weighted by Gasteiger charge is 2.44. The van der Waals surface area contributed by atoms with Crippen molar-refractivity contribution in [2.75, 3.05) is 19.7 Å². The Labute approximate surface area is 472 Å². The highest BCUT2D eigenvalue weighted by atomic mass is 32.7. The molecule has 2 aliphatic heterocycles. The zero-order chi connectivity index (χ0) is 59.1. The van der Waals surface area contributed by atoms with Gasteiger partial charge in [0.1, 0.15) is 48.8 Å². The Morgan fingerprint density at radius 1 is 0.823 bits per heavy atom. The molecule has 3 aromatic carbocycles. The van der Waals surface area contributed by atoms with Gasteiger partial charge in [-0.15, -0.1) is 0 Å². The van der Waals surface area contributed by atoms with Crippen LogP contribution in [0.1, 0.15) is 145 Å². The molecule has 4 N–H and O–H groups in total. The Kier molecular flexibility index (Phi) is 27.0. The van der Waals surface area contributed by atoms with E-state index in [-0.39, 0.29) is 42.2 Å². The van der Waals surface area contributed by atoms with Gasteiger partial charge in [0.05, 0.1) is 22.9 Å². The monoisotopic (exact) mass is 1120 g/mol. The number of fused-ring (bicyclic) bond motifs is 2. The van der Waals surface area contributed by atoms with Gasteiger partial charge in [-0.2, -0.15) is 4.58 Å². The van der Waals surface area contributed by atoms with E-state index < -0.39 is 62.4 Å². The topological polar surface area (TPSA) is 206 Å². The van der Waals surface area contributed by atoms with Crippen molar-refractivity contribution in [2.24, 2.45) is 11.3 Å². The van der Waals surface area contributed by atoms with E-state index in [4.69, 9.17) is 9.47 Å². The molecule has 79 heavy (non-hydrogen) atoms. The summed E-state index contributed by atoms with van der Waals surface area (Å²) in [5, 5.41) is 10.3. The molecule has 0 fully saturated rings. The van der Waals surface area contributed by atoms with Gasteiger partial charge < -0.3 is 35.5 Å². The quantitative estimate of drug-likeness (QED) is 0.0220. The fourth-order valence-electron chi connectivity index (χ4n) is 8.51. The van der Waals surface area contributed by atoms with Crippen molar-refractivity contribution in [2.45, 2.75) is 163 Å². The van der Waals surface area contributed by atoms with Gasteiger partial charge >= 0.3 is 0 Å². The molecule has 4 amide bonds. The van der Waals surface area contributed by atoms with Gasteiger partial charge in [-0.25, -0.2) is 8.42 Å². The van der Waals surface area contributed by atoms with Crippen molar-refractivity contribution in [3.05, 3.63) is 126 Å². The molecule has 3 aromatic rings. The van der Waals surface area contributed by atoms with Crippen LogP contribution >= 0.6 is 8.44 Å². The number of carbonyl (C=O) groups is 6. The molecular formula is C62H87N5O10PS+. The maximum absolute atomic E-state index is 13.3. The molecule has 4 atom stereocenters. The minimum atomic E-state index is -3.54. The normalized spacial score (nSPS) is 15.2. The summed E-state index contributed by atoms with van der Waals surface area (Å²) in [6, 6.07) is 16.7. The third kappa shape index (κ3) is 20.9. The minimum absolute atomic E-state index is 0.0933. The molecule has 0 saturated carbocycles. The number of ketones is 1. The molecule has 4 unspecified atom stereocenters. The maximum Gasteiger partial charge on any atom is 0.243 e. The molecular weight excluding hydrogens is 1040 g/mol. The Morgan fingerprint density at radius 2 is 1.49 bits per heavy atom. The summed E-state index contributed by atoms with van der Waals surface area (Å²) >= 11 is 0. The smallest absolute Gasteiger partial charge is 0.243 e. The summed E-state index contributed by atoms with van der Waals surface area (Å²) in [5.41, 5.74) is 5.56. The maximum atomic E-state index is 13.3. The van der Waals surface area contributed by atoms with E-state index in [0.717, 1.165) is 39.6 Å². The molecule has 0 bridgehead atoms. The lowest BCUT2D eigenvalue weighted by Gasteiger charge is -2.29. The summed E-state index contributed by atoms with van der Waals surface area (Å²) in [6.07, 6.45) is 16.7. The number of ether oxygens (including phenoxy) is 2. The molecule has 2 heterocycles. The zero-order valence-corrected chi connectivity index (χ0v) is 50.8. The largest absolute Gasteiger partial charge is 0.486 e. The number of aryl methyl sites for hydroxylation is 1. The van der Waals surface area contributed by atoms with Gasteiger partial charge in [0.15, 0.2) is 21.0 Å².